The van der Waals surface area contributed by atoms with Gasteiger partial charge in [-0.05, 0) is 0 Å². The van der Waals surface area contributed by atoms with Crippen molar-refractivity contribution in [2.45, 2.75) is 4.33 Å². The van der Waals surface area contributed by atoms with Gasteiger partial charge in [0.25, 0.3) is 0 Å². The van der Waals surface area contributed by atoms with E-state index in [4.69, 9.17) is 34.8 Å². The van der Waals surface area contributed by atoms with Gasteiger partial charge in [0.2, 0.25) is 0 Å². The van der Waals surface area contributed by atoms with Crippen molar-refractivity contribution in [2.24, 2.45) is 0 Å². The summed E-state index contributed by atoms with van der Waals surface area (Å²) in [4.78, 5) is 0. The van der Waals surface area contributed by atoms with E-state index < -0.39 is 49.6 Å². The van der Waals surface area contributed by atoms with Crippen molar-refractivity contribution in [3.63, 3.8) is 0 Å². The number of benzene rings is 1. The molecule has 1 aliphatic rings. The van der Waals surface area contributed by atoms with E-state index in [-0.39, 0.29) is 0 Å². The predicted molar refractivity (Wildman–Crippen MR) is 53.5 cm³/mol. The molecule has 2 rings (SSSR count). The fraction of sp³-hybridized carbons (Fsp3) is 0.111. The predicted octanol–water partition coefficient (Wildman–Crippen LogP) is 4.76. The van der Waals surface area contributed by atoms with Gasteiger partial charge in [0.15, 0.2) is 33.4 Å². The van der Waals surface area contributed by atoms with Crippen molar-refractivity contribution < 1.29 is 22.0 Å². The molecule has 0 amide bonds. The van der Waals surface area contributed by atoms with Gasteiger partial charge in [-0.25, -0.2) is 22.0 Å². The molecule has 8 heteroatoms. The quantitative estimate of drug-likeness (QED) is 0.280. The molecule has 0 aliphatic heterocycles. The van der Waals surface area contributed by atoms with E-state index in [0.29, 0.717) is 0 Å². The van der Waals surface area contributed by atoms with Gasteiger partial charge in [-0.2, -0.15) is 0 Å². The van der Waals surface area contributed by atoms with Crippen LogP contribution in [0.25, 0.3) is 5.03 Å². The van der Waals surface area contributed by atoms with E-state index in [1.54, 1.807) is 0 Å². The number of hydrogen-bond donors (Lipinski definition) is 0. The second kappa shape index (κ2) is 3.73. The minimum absolute atomic E-state index is 0.986. The van der Waals surface area contributed by atoms with Gasteiger partial charge in [0, 0.05) is 11.1 Å². The van der Waals surface area contributed by atoms with Gasteiger partial charge in [0.05, 0.1) is 5.03 Å². The Morgan fingerprint density at radius 1 is 0.765 bits per heavy atom. The Labute approximate surface area is 107 Å². The van der Waals surface area contributed by atoms with E-state index >= 15 is 0 Å². The van der Waals surface area contributed by atoms with E-state index in [9.17, 15) is 22.0 Å². The Bertz CT molecular complexity index is 564. The van der Waals surface area contributed by atoms with Crippen LogP contribution in [0.15, 0.2) is 5.83 Å². The van der Waals surface area contributed by atoms with Crippen molar-refractivity contribution in [1.82, 2.24) is 0 Å². The number of allylic oxidation sites excluding steroid dienone is 1. The molecule has 0 spiro atoms. The van der Waals surface area contributed by atoms with Crippen LogP contribution < -0.4 is 0 Å². The first-order chi connectivity index (χ1) is 7.71. The summed E-state index contributed by atoms with van der Waals surface area (Å²) < 4.78 is 63.3. The maximum Gasteiger partial charge on any atom is 0.199 e. The van der Waals surface area contributed by atoms with Crippen LogP contribution in [-0.4, -0.2) is 0 Å². The Morgan fingerprint density at radius 2 is 1.24 bits per heavy atom. The largest absolute Gasteiger partial charge is 0.206 e. The zero-order valence-corrected chi connectivity index (χ0v) is 9.79. The van der Waals surface area contributed by atoms with Crippen molar-refractivity contribution in [2.75, 3.05) is 0 Å². The van der Waals surface area contributed by atoms with Gasteiger partial charge < -0.3 is 0 Å². The Hall–Kier alpha value is -0.520. The summed E-state index contributed by atoms with van der Waals surface area (Å²) in [6, 6.07) is 0. The molecule has 1 aromatic rings. The highest BCUT2D eigenvalue weighted by molar-refractivity contribution is 6.57. The van der Waals surface area contributed by atoms with Crippen LogP contribution in [-0.2, 0) is 4.33 Å². The minimum atomic E-state index is -2.67. The molecule has 0 aromatic heterocycles. The third kappa shape index (κ3) is 1.49. The van der Waals surface area contributed by atoms with Crippen LogP contribution in [0.2, 0.25) is 0 Å². The average Bonchev–Trinajstić information content (AvgIpc) is 2.44. The maximum absolute atomic E-state index is 13.4. The lowest BCUT2D eigenvalue weighted by atomic mass is 10.1. The highest BCUT2D eigenvalue weighted by Crippen LogP contribution is 2.56. The zero-order chi connectivity index (χ0) is 13.1. The van der Waals surface area contributed by atoms with E-state index in [2.05, 4.69) is 0 Å². The van der Waals surface area contributed by atoms with Gasteiger partial charge >= 0.3 is 0 Å². The molecular weight excluding hydrogens is 309 g/mol. The molecule has 0 nitrogen and oxygen atoms in total. The summed E-state index contributed by atoms with van der Waals surface area (Å²) >= 11 is 16.1. The van der Waals surface area contributed by atoms with Crippen molar-refractivity contribution >= 4 is 39.8 Å². The lowest BCUT2D eigenvalue weighted by Crippen LogP contribution is -2.14. The van der Waals surface area contributed by atoms with E-state index in [0.717, 1.165) is 0 Å². The normalized spacial score (nSPS) is 17.6. The van der Waals surface area contributed by atoms with E-state index in [1.165, 1.54) is 0 Å². The molecule has 1 aromatic carbocycles. The third-order valence-electron chi connectivity index (χ3n) is 2.27. The fourth-order valence-electron chi connectivity index (χ4n) is 1.49. The van der Waals surface area contributed by atoms with Gasteiger partial charge in [-0.15, -0.1) is 0 Å². The molecule has 0 saturated carbocycles. The standard InChI is InChI=1S/C9Cl3F5/c10-3-1-2(9(11,12)8(3)17)5(14)7(16)6(15)4(1)13. The molecule has 92 valence electrons. The van der Waals surface area contributed by atoms with Crippen LogP contribution in [0.1, 0.15) is 11.1 Å². The topological polar surface area (TPSA) is 0 Å². The molecule has 0 radical (unpaired) electrons. The highest BCUT2D eigenvalue weighted by Gasteiger charge is 2.49. The van der Waals surface area contributed by atoms with Crippen LogP contribution >= 0.6 is 34.8 Å². The number of hydrogen-bond acceptors (Lipinski definition) is 0. The number of fused-ring (bicyclic) bond motifs is 1. The lowest BCUT2D eigenvalue weighted by Gasteiger charge is -2.15. The number of halogens is 8. The smallest absolute Gasteiger partial charge is 0.199 e. The van der Waals surface area contributed by atoms with Crippen LogP contribution in [0.3, 0.4) is 0 Å². The summed E-state index contributed by atoms with van der Waals surface area (Å²) in [7, 11) is 0. The summed E-state index contributed by atoms with van der Waals surface area (Å²) in [6.07, 6.45) is 0. The monoisotopic (exact) mass is 308 g/mol. The van der Waals surface area contributed by atoms with Gasteiger partial charge in [-0.3, -0.25) is 0 Å². The molecule has 0 unspecified atom stereocenters. The summed E-state index contributed by atoms with van der Waals surface area (Å²) in [5.41, 5.74) is -2.08. The highest BCUT2D eigenvalue weighted by atomic mass is 35.5. The maximum atomic E-state index is 13.4. The summed E-state index contributed by atoms with van der Waals surface area (Å²) in [5, 5.41) is -0.986. The van der Waals surface area contributed by atoms with Crippen molar-refractivity contribution in [1.29, 1.82) is 0 Å². The molecule has 1 aliphatic carbocycles. The Kier molecular flexibility index (Phi) is 2.84. The zero-order valence-electron chi connectivity index (χ0n) is 7.52. The Morgan fingerprint density at radius 3 is 1.76 bits per heavy atom. The van der Waals surface area contributed by atoms with Crippen molar-refractivity contribution in [3.8, 4) is 0 Å². The van der Waals surface area contributed by atoms with E-state index in [1.807, 2.05) is 0 Å². The van der Waals surface area contributed by atoms with Crippen LogP contribution in [0.4, 0.5) is 22.0 Å². The van der Waals surface area contributed by atoms with Crippen LogP contribution in [0, 0.1) is 23.3 Å². The molecule has 17 heavy (non-hydrogen) atoms. The summed E-state index contributed by atoms with van der Waals surface area (Å²) in [6.45, 7) is 0. The molecular formula is C9Cl3F5. The molecule has 0 bridgehead atoms. The van der Waals surface area contributed by atoms with Gasteiger partial charge in [-0.1, -0.05) is 34.8 Å². The number of alkyl halides is 2. The molecule has 0 saturated heterocycles. The van der Waals surface area contributed by atoms with Crippen molar-refractivity contribution in [3.05, 3.63) is 40.2 Å². The molecule has 0 heterocycles. The first-order valence-electron chi connectivity index (χ1n) is 4.01. The van der Waals surface area contributed by atoms with Crippen LogP contribution in [0.5, 0.6) is 0 Å². The fourth-order valence-corrected chi connectivity index (χ4v) is 2.45. The minimum Gasteiger partial charge on any atom is -0.206 e. The first kappa shape index (κ1) is 12.9. The Balaban J connectivity index is 2.96. The van der Waals surface area contributed by atoms with Gasteiger partial charge in [0.1, 0.15) is 0 Å². The molecule has 0 N–H and O–H groups in total. The lowest BCUT2D eigenvalue weighted by molar-refractivity contribution is 0.402. The molecule has 0 fully saturated rings. The SMILES string of the molecule is FC1=C(Cl)c2c(F)c(F)c(F)c(F)c2C1(Cl)Cl. The number of rotatable bonds is 0. The second-order valence-corrected chi connectivity index (χ2v) is 4.91. The third-order valence-corrected chi connectivity index (χ3v) is 3.33. The summed E-state index contributed by atoms with van der Waals surface area (Å²) in [5.74, 6) is -9.46. The first-order valence-corrected chi connectivity index (χ1v) is 5.15. The second-order valence-electron chi connectivity index (χ2n) is 3.21. The molecule has 0 atom stereocenters. The average molecular weight is 309 g/mol.